The number of aliphatic imine (C=N–C) groups is 1. The summed E-state index contributed by atoms with van der Waals surface area (Å²) in [6, 6.07) is 11.8. The number of ether oxygens (including phenoxy) is 1. The van der Waals surface area contributed by atoms with Gasteiger partial charge >= 0.3 is 0 Å². The fourth-order valence-electron chi connectivity index (χ4n) is 1.59. The Morgan fingerprint density at radius 3 is 2.56 bits per heavy atom. The molecule has 0 aliphatic heterocycles. The van der Waals surface area contributed by atoms with Gasteiger partial charge in [-0.25, -0.2) is 9.97 Å². The van der Waals surface area contributed by atoms with Crippen LogP contribution in [-0.4, -0.2) is 29.8 Å². The quantitative estimate of drug-likeness (QED) is 0.754. The zero-order valence-electron chi connectivity index (χ0n) is 10.2. The Morgan fingerprint density at radius 1 is 1.17 bits per heavy atom. The van der Waals surface area contributed by atoms with Crippen LogP contribution >= 0.6 is 0 Å². The van der Waals surface area contributed by atoms with E-state index < -0.39 is 0 Å². The third-order valence-corrected chi connectivity index (χ3v) is 2.52. The molecular formula is C14H15N3O. The first-order valence-electron chi connectivity index (χ1n) is 5.74. The van der Waals surface area contributed by atoms with Crippen LogP contribution in [0.4, 0.5) is 0 Å². The van der Waals surface area contributed by atoms with Crippen LogP contribution < -0.4 is 0 Å². The minimum Gasteiger partial charge on any atom is -0.375 e. The summed E-state index contributed by atoms with van der Waals surface area (Å²) in [6.45, 7) is 0.554. The van der Waals surface area contributed by atoms with E-state index in [4.69, 9.17) is 4.74 Å². The van der Waals surface area contributed by atoms with Crippen LogP contribution in [0.2, 0.25) is 0 Å². The average molecular weight is 241 g/mol. The van der Waals surface area contributed by atoms with E-state index >= 15 is 0 Å². The molecule has 0 bridgehead atoms. The minimum atomic E-state index is -0.0360. The van der Waals surface area contributed by atoms with E-state index in [1.165, 1.54) is 0 Å². The van der Waals surface area contributed by atoms with Gasteiger partial charge in [-0.1, -0.05) is 30.3 Å². The highest BCUT2D eigenvalue weighted by Gasteiger charge is 2.07. The summed E-state index contributed by atoms with van der Waals surface area (Å²) in [6.07, 6.45) is 5.01. The summed E-state index contributed by atoms with van der Waals surface area (Å²) < 4.78 is 5.42. The van der Waals surface area contributed by atoms with Gasteiger partial charge in [0.2, 0.25) is 0 Å². The molecule has 0 saturated heterocycles. The van der Waals surface area contributed by atoms with Gasteiger partial charge in [-0.3, -0.25) is 4.99 Å². The van der Waals surface area contributed by atoms with E-state index in [9.17, 15) is 0 Å². The molecular weight excluding hydrogens is 226 g/mol. The molecule has 0 radical (unpaired) electrons. The summed E-state index contributed by atoms with van der Waals surface area (Å²) in [4.78, 5) is 12.5. The van der Waals surface area contributed by atoms with Crippen LogP contribution in [0.3, 0.4) is 0 Å². The molecule has 2 aromatic rings. The predicted molar refractivity (Wildman–Crippen MR) is 70.7 cm³/mol. The summed E-state index contributed by atoms with van der Waals surface area (Å²) >= 11 is 0. The lowest BCUT2D eigenvalue weighted by atomic mass is 10.1. The molecule has 4 nitrogen and oxygen atoms in total. The molecule has 0 aliphatic rings. The van der Waals surface area contributed by atoms with Gasteiger partial charge in [0.25, 0.3) is 0 Å². The molecule has 92 valence electrons. The first-order chi connectivity index (χ1) is 8.90. The molecule has 0 spiro atoms. The highest BCUT2D eigenvalue weighted by Crippen LogP contribution is 2.15. The van der Waals surface area contributed by atoms with Crippen LogP contribution in [0.1, 0.15) is 17.5 Å². The SMILES string of the molecule is COC(CN=Cc1ncccn1)c1ccccc1. The molecule has 1 heterocycles. The number of aromatic nitrogens is 2. The van der Waals surface area contributed by atoms with Crippen LogP contribution in [0.15, 0.2) is 53.8 Å². The molecule has 4 heteroatoms. The van der Waals surface area contributed by atoms with Crippen molar-refractivity contribution in [3.8, 4) is 0 Å². The topological polar surface area (TPSA) is 47.4 Å². The maximum atomic E-state index is 5.42. The molecule has 1 atom stereocenters. The Balaban J connectivity index is 1.98. The second-order valence-electron chi connectivity index (χ2n) is 3.74. The molecule has 1 aromatic heterocycles. The summed E-state index contributed by atoms with van der Waals surface area (Å²) in [7, 11) is 1.69. The van der Waals surface area contributed by atoms with Gasteiger partial charge in [0.15, 0.2) is 5.82 Å². The third-order valence-electron chi connectivity index (χ3n) is 2.52. The van der Waals surface area contributed by atoms with Crippen molar-refractivity contribution in [2.75, 3.05) is 13.7 Å². The standard InChI is InChI=1S/C14H15N3O/c1-18-13(12-6-3-2-4-7-12)10-15-11-14-16-8-5-9-17-14/h2-9,11,13H,10H2,1H3. The van der Waals surface area contributed by atoms with Crippen molar-refractivity contribution in [2.24, 2.45) is 4.99 Å². The van der Waals surface area contributed by atoms with E-state index in [1.807, 2.05) is 30.3 Å². The lowest BCUT2D eigenvalue weighted by molar-refractivity contribution is 0.111. The number of methoxy groups -OCH3 is 1. The van der Waals surface area contributed by atoms with Crippen LogP contribution in [0.5, 0.6) is 0 Å². The molecule has 1 unspecified atom stereocenters. The smallest absolute Gasteiger partial charge is 0.170 e. The maximum absolute atomic E-state index is 5.42. The predicted octanol–water partition coefficient (Wildman–Crippen LogP) is 2.28. The Morgan fingerprint density at radius 2 is 1.89 bits per heavy atom. The Labute approximate surface area is 106 Å². The lowest BCUT2D eigenvalue weighted by Gasteiger charge is -2.12. The van der Waals surface area contributed by atoms with E-state index in [2.05, 4.69) is 15.0 Å². The number of rotatable bonds is 5. The minimum absolute atomic E-state index is 0.0360. The molecule has 0 fully saturated rings. The lowest BCUT2D eigenvalue weighted by Crippen LogP contribution is -2.05. The van der Waals surface area contributed by atoms with Crippen LogP contribution in [-0.2, 0) is 4.74 Å². The van der Waals surface area contributed by atoms with E-state index in [0.717, 1.165) is 5.56 Å². The van der Waals surface area contributed by atoms with Crippen molar-refractivity contribution < 1.29 is 4.74 Å². The van der Waals surface area contributed by atoms with Crippen LogP contribution in [0.25, 0.3) is 0 Å². The van der Waals surface area contributed by atoms with Crippen molar-refractivity contribution in [2.45, 2.75) is 6.10 Å². The summed E-state index contributed by atoms with van der Waals surface area (Å²) in [5.74, 6) is 0.611. The monoisotopic (exact) mass is 241 g/mol. The first kappa shape index (κ1) is 12.4. The van der Waals surface area contributed by atoms with E-state index in [-0.39, 0.29) is 6.10 Å². The summed E-state index contributed by atoms with van der Waals surface area (Å²) in [5, 5.41) is 0. The molecule has 0 N–H and O–H groups in total. The molecule has 0 aliphatic carbocycles. The zero-order valence-corrected chi connectivity index (χ0v) is 10.2. The fourth-order valence-corrected chi connectivity index (χ4v) is 1.59. The molecule has 1 aromatic carbocycles. The number of hydrogen-bond donors (Lipinski definition) is 0. The van der Waals surface area contributed by atoms with Crippen molar-refractivity contribution in [3.05, 3.63) is 60.2 Å². The number of nitrogens with zero attached hydrogens (tertiary/aromatic N) is 3. The fraction of sp³-hybridized carbons (Fsp3) is 0.214. The highest BCUT2D eigenvalue weighted by molar-refractivity contribution is 5.74. The second-order valence-corrected chi connectivity index (χ2v) is 3.74. The van der Waals surface area contributed by atoms with Crippen molar-refractivity contribution in [1.29, 1.82) is 0 Å². The summed E-state index contributed by atoms with van der Waals surface area (Å²) in [5.41, 5.74) is 1.12. The van der Waals surface area contributed by atoms with Gasteiger partial charge in [-0.2, -0.15) is 0 Å². The average Bonchev–Trinajstić information content (AvgIpc) is 2.46. The largest absolute Gasteiger partial charge is 0.375 e. The van der Waals surface area contributed by atoms with Gasteiger partial charge in [-0.05, 0) is 11.6 Å². The first-order valence-corrected chi connectivity index (χ1v) is 5.74. The normalized spacial score (nSPS) is 12.7. The second kappa shape index (κ2) is 6.61. The Kier molecular flexibility index (Phi) is 4.55. The van der Waals surface area contributed by atoms with Gasteiger partial charge in [-0.15, -0.1) is 0 Å². The van der Waals surface area contributed by atoms with Crippen molar-refractivity contribution in [1.82, 2.24) is 9.97 Å². The van der Waals surface area contributed by atoms with Gasteiger partial charge in [0, 0.05) is 19.5 Å². The van der Waals surface area contributed by atoms with Crippen molar-refractivity contribution in [3.63, 3.8) is 0 Å². The molecule has 0 saturated carbocycles. The zero-order chi connectivity index (χ0) is 12.6. The Bertz CT molecular complexity index is 485. The molecule has 0 amide bonds. The third kappa shape index (κ3) is 3.46. The molecule has 18 heavy (non-hydrogen) atoms. The van der Waals surface area contributed by atoms with Gasteiger partial charge in [0.1, 0.15) is 6.10 Å². The number of benzene rings is 1. The molecule has 2 rings (SSSR count). The maximum Gasteiger partial charge on any atom is 0.170 e. The van der Waals surface area contributed by atoms with Gasteiger partial charge in [0.05, 0.1) is 12.8 Å². The van der Waals surface area contributed by atoms with Gasteiger partial charge < -0.3 is 4.74 Å². The highest BCUT2D eigenvalue weighted by atomic mass is 16.5. The van der Waals surface area contributed by atoms with Crippen LogP contribution in [0, 0.1) is 0 Å². The van der Waals surface area contributed by atoms with E-state index in [0.29, 0.717) is 12.4 Å². The Hall–Kier alpha value is -2.07. The number of hydrogen-bond acceptors (Lipinski definition) is 4. The van der Waals surface area contributed by atoms with E-state index in [1.54, 1.807) is 31.8 Å². The van der Waals surface area contributed by atoms with Crippen molar-refractivity contribution >= 4 is 6.21 Å².